The van der Waals surface area contributed by atoms with E-state index in [4.69, 9.17) is 5.11 Å². The maximum atomic E-state index is 13.4. The molecule has 0 radical (unpaired) electrons. The second kappa shape index (κ2) is 6.72. The van der Waals surface area contributed by atoms with Gasteiger partial charge in [-0.1, -0.05) is 0 Å². The van der Waals surface area contributed by atoms with E-state index in [0.717, 1.165) is 37.7 Å². The van der Waals surface area contributed by atoms with Crippen molar-refractivity contribution in [2.45, 2.75) is 18.9 Å². The molecule has 1 aromatic carbocycles. The summed E-state index contributed by atoms with van der Waals surface area (Å²) in [5.74, 6) is -1.39. The molecule has 0 unspecified atom stereocenters. The predicted molar refractivity (Wildman–Crippen MR) is 82.0 cm³/mol. The Kier molecular flexibility index (Phi) is 4.96. The molecule has 5 heteroatoms. The zero-order valence-electron chi connectivity index (χ0n) is 12.4. The molecule has 0 saturated carbocycles. The molecule has 114 valence electrons. The summed E-state index contributed by atoms with van der Waals surface area (Å²) in [7, 11) is 4.17. The van der Waals surface area contributed by atoms with E-state index in [0.29, 0.717) is 11.6 Å². The number of nitrogens with zero attached hydrogens (tertiary/aromatic N) is 2. The monoisotopic (exact) mass is 292 g/mol. The van der Waals surface area contributed by atoms with Gasteiger partial charge in [0, 0.05) is 36.5 Å². The first-order valence-corrected chi connectivity index (χ1v) is 7.09. The van der Waals surface area contributed by atoms with Crippen LogP contribution in [0.4, 0.5) is 10.1 Å². The van der Waals surface area contributed by atoms with Crippen LogP contribution in [0.2, 0.25) is 0 Å². The van der Waals surface area contributed by atoms with Crippen molar-refractivity contribution >= 4 is 17.7 Å². The van der Waals surface area contributed by atoms with Crippen LogP contribution in [0.1, 0.15) is 18.4 Å². The molecule has 1 N–H and O–H groups in total. The van der Waals surface area contributed by atoms with Gasteiger partial charge in [0.15, 0.2) is 0 Å². The molecule has 0 spiro atoms. The van der Waals surface area contributed by atoms with E-state index in [1.54, 1.807) is 6.07 Å². The molecular formula is C16H21FN2O2. The molecule has 0 aromatic heterocycles. The van der Waals surface area contributed by atoms with Crippen molar-refractivity contribution in [3.05, 3.63) is 35.7 Å². The molecule has 0 bridgehead atoms. The summed E-state index contributed by atoms with van der Waals surface area (Å²) in [6, 6.07) is 5.10. The van der Waals surface area contributed by atoms with E-state index in [9.17, 15) is 9.18 Å². The third-order valence-corrected chi connectivity index (χ3v) is 3.93. The molecule has 4 nitrogen and oxygen atoms in total. The molecule has 1 fully saturated rings. The average molecular weight is 292 g/mol. The van der Waals surface area contributed by atoms with Crippen molar-refractivity contribution in [3.8, 4) is 0 Å². The zero-order valence-corrected chi connectivity index (χ0v) is 12.4. The van der Waals surface area contributed by atoms with E-state index in [1.807, 2.05) is 0 Å². The van der Waals surface area contributed by atoms with Gasteiger partial charge in [-0.2, -0.15) is 0 Å². The van der Waals surface area contributed by atoms with Crippen molar-refractivity contribution < 1.29 is 14.3 Å². The van der Waals surface area contributed by atoms with Gasteiger partial charge < -0.3 is 14.9 Å². The fourth-order valence-electron chi connectivity index (χ4n) is 2.73. The van der Waals surface area contributed by atoms with Gasteiger partial charge in [-0.05, 0) is 51.2 Å². The molecule has 1 heterocycles. The first-order chi connectivity index (χ1) is 9.97. The lowest BCUT2D eigenvalue weighted by molar-refractivity contribution is -0.131. The SMILES string of the molecule is CN(C)C1CCN(c2ccc(F)cc2/C=C/C(=O)O)CC1. The van der Waals surface area contributed by atoms with Gasteiger partial charge in [0.2, 0.25) is 0 Å². The highest BCUT2D eigenvalue weighted by atomic mass is 19.1. The largest absolute Gasteiger partial charge is 0.478 e. The quantitative estimate of drug-likeness (QED) is 0.866. The van der Waals surface area contributed by atoms with Crippen molar-refractivity contribution in [1.82, 2.24) is 4.90 Å². The third kappa shape index (κ3) is 4.04. The molecular weight excluding hydrogens is 271 g/mol. The van der Waals surface area contributed by atoms with Gasteiger partial charge in [0.25, 0.3) is 0 Å². The summed E-state index contributed by atoms with van der Waals surface area (Å²) in [6.45, 7) is 1.78. The second-order valence-corrected chi connectivity index (χ2v) is 5.56. The van der Waals surface area contributed by atoms with Crippen LogP contribution in [0.5, 0.6) is 0 Å². The van der Waals surface area contributed by atoms with Crippen molar-refractivity contribution in [3.63, 3.8) is 0 Å². The number of carbonyl (C=O) groups is 1. The molecule has 1 aliphatic heterocycles. The van der Waals surface area contributed by atoms with Gasteiger partial charge in [0.1, 0.15) is 5.82 Å². The molecule has 1 aliphatic rings. The summed E-state index contributed by atoms with van der Waals surface area (Å²) in [5, 5.41) is 8.74. The molecule has 2 rings (SSSR count). The Balaban J connectivity index is 2.18. The van der Waals surface area contributed by atoms with Crippen LogP contribution in [-0.4, -0.2) is 49.2 Å². The molecule has 0 amide bonds. The van der Waals surface area contributed by atoms with E-state index >= 15 is 0 Å². The number of rotatable bonds is 4. The molecule has 0 atom stereocenters. The molecule has 1 saturated heterocycles. The number of anilines is 1. The van der Waals surface area contributed by atoms with Gasteiger partial charge in [-0.3, -0.25) is 0 Å². The lowest BCUT2D eigenvalue weighted by atomic mass is 10.0. The maximum absolute atomic E-state index is 13.4. The van der Waals surface area contributed by atoms with E-state index in [2.05, 4.69) is 23.9 Å². The Hall–Kier alpha value is -1.88. The lowest BCUT2D eigenvalue weighted by Crippen LogP contribution is -2.42. The number of hydrogen-bond acceptors (Lipinski definition) is 3. The van der Waals surface area contributed by atoms with Crippen LogP contribution in [0, 0.1) is 5.82 Å². The van der Waals surface area contributed by atoms with Gasteiger partial charge in [0.05, 0.1) is 0 Å². The average Bonchev–Trinajstić information content (AvgIpc) is 2.45. The molecule has 1 aromatic rings. The predicted octanol–water partition coefficient (Wildman–Crippen LogP) is 2.45. The highest BCUT2D eigenvalue weighted by molar-refractivity contribution is 5.87. The summed E-state index contributed by atoms with van der Waals surface area (Å²) < 4.78 is 13.4. The minimum absolute atomic E-state index is 0.355. The zero-order chi connectivity index (χ0) is 15.4. The Labute approximate surface area is 124 Å². The first kappa shape index (κ1) is 15.5. The first-order valence-electron chi connectivity index (χ1n) is 7.09. The highest BCUT2D eigenvalue weighted by Gasteiger charge is 2.21. The van der Waals surface area contributed by atoms with Crippen molar-refractivity contribution in [1.29, 1.82) is 0 Å². The molecule has 0 aliphatic carbocycles. The van der Waals surface area contributed by atoms with E-state index in [-0.39, 0.29) is 5.82 Å². The topological polar surface area (TPSA) is 43.8 Å². The number of aliphatic carboxylic acids is 1. The maximum Gasteiger partial charge on any atom is 0.328 e. The van der Waals surface area contributed by atoms with Crippen molar-refractivity contribution in [2.24, 2.45) is 0 Å². The van der Waals surface area contributed by atoms with Crippen molar-refractivity contribution in [2.75, 3.05) is 32.1 Å². The van der Waals surface area contributed by atoms with Crippen LogP contribution >= 0.6 is 0 Å². The summed E-state index contributed by atoms with van der Waals surface area (Å²) >= 11 is 0. The van der Waals surface area contributed by atoms with Crippen LogP contribution in [0.25, 0.3) is 6.08 Å². The summed E-state index contributed by atoms with van der Waals surface area (Å²) in [6.07, 6.45) is 4.60. The van der Waals surface area contributed by atoms with Gasteiger partial charge in [-0.15, -0.1) is 0 Å². The van der Waals surface area contributed by atoms with Crippen LogP contribution in [0.3, 0.4) is 0 Å². The second-order valence-electron chi connectivity index (χ2n) is 5.56. The lowest BCUT2D eigenvalue weighted by Gasteiger charge is -2.37. The van der Waals surface area contributed by atoms with Gasteiger partial charge >= 0.3 is 5.97 Å². The number of halogens is 1. The highest BCUT2D eigenvalue weighted by Crippen LogP contribution is 2.27. The summed E-state index contributed by atoms with van der Waals surface area (Å²) in [5.41, 5.74) is 1.51. The minimum Gasteiger partial charge on any atom is -0.478 e. The number of piperidine rings is 1. The minimum atomic E-state index is -1.03. The Morgan fingerprint density at radius 1 is 1.38 bits per heavy atom. The Bertz CT molecular complexity index is 535. The normalized spacial score (nSPS) is 16.9. The number of carboxylic acid groups (broad SMARTS) is 1. The number of benzene rings is 1. The van der Waals surface area contributed by atoms with Crippen LogP contribution < -0.4 is 4.90 Å². The Morgan fingerprint density at radius 2 is 2.05 bits per heavy atom. The van der Waals surface area contributed by atoms with E-state index < -0.39 is 5.97 Å². The van der Waals surface area contributed by atoms with E-state index in [1.165, 1.54) is 18.2 Å². The molecule has 21 heavy (non-hydrogen) atoms. The fourth-order valence-corrected chi connectivity index (χ4v) is 2.73. The van der Waals surface area contributed by atoms with Crippen LogP contribution in [-0.2, 0) is 4.79 Å². The van der Waals surface area contributed by atoms with Gasteiger partial charge in [-0.25, -0.2) is 9.18 Å². The third-order valence-electron chi connectivity index (χ3n) is 3.93. The summed E-state index contributed by atoms with van der Waals surface area (Å²) in [4.78, 5) is 15.1. The number of carboxylic acids is 1. The standard InChI is InChI=1S/C16H21FN2O2/c1-18(2)14-7-9-19(10-8-14)15-5-4-13(17)11-12(15)3-6-16(20)21/h3-6,11,14H,7-10H2,1-2H3,(H,20,21)/b6-3+. The Morgan fingerprint density at radius 3 is 2.62 bits per heavy atom. The fraction of sp³-hybridized carbons (Fsp3) is 0.438. The van der Waals surface area contributed by atoms with Crippen LogP contribution in [0.15, 0.2) is 24.3 Å². The number of hydrogen-bond donors (Lipinski definition) is 1. The smallest absolute Gasteiger partial charge is 0.328 e.